The van der Waals surface area contributed by atoms with Crippen molar-refractivity contribution in [3.05, 3.63) is 67.1 Å². The summed E-state index contributed by atoms with van der Waals surface area (Å²) in [6, 6.07) is 10.8. The van der Waals surface area contributed by atoms with Crippen LogP contribution in [0.25, 0.3) is 0 Å². The van der Waals surface area contributed by atoms with Crippen LogP contribution in [0.4, 0.5) is 5.69 Å². The van der Waals surface area contributed by atoms with Crippen LogP contribution in [0.2, 0.25) is 10.0 Å². The molecule has 2 aromatic carbocycles. The molecule has 2 aromatic rings. The summed E-state index contributed by atoms with van der Waals surface area (Å²) in [5.74, 6) is -0.0238. The molecule has 0 radical (unpaired) electrons. The number of nitrogens with one attached hydrogen (secondary N) is 1. The van der Waals surface area contributed by atoms with E-state index in [9.17, 15) is 4.79 Å². The molecule has 1 aliphatic rings. The Bertz CT molecular complexity index is 803. The standard InChI is InChI=1S/C16H10BrCl2NOS/c1-8-16(15(21)9-2-4-10(17)5-3-9)22-13-7-11(18)6-12(19)14(13)20-8/h2-7,20H,1H3. The maximum Gasteiger partial charge on any atom is 0.201 e. The highest BCUT2D eigenvalue weighted by Crippen LogP contribution is 2.45. The monoisotopic (exact) mass is 413 g/mol. The van der Waals surface area contributed by atoms with Crippen LogP contribution >= 0.6 is 50.9 Å². The maximum absolute atomic E-state index is 12.7. The van der Waals surface area contributed by atoms with Crippen LogP contribution < -0.4 is 5.32 Å². The van der Waals surface area contributed by atoms with Gasteiger partial charge in [-0.1, -0.05) is 50.9 Å². The number of benzene rings is 2. The van der Waals surface area contributed by atoms with Gasteiger partial charge in [-0.05, 0) is 43.3 Å². The van der Waals surface area contributed by atoms with Crippen molar-refractivity contribution >= 4 is 62.4 Å². The zero-order valence-corrected chi connectivity index (χ0v) is 15.3. The van der Waals surface area contributed by atoms with Crippen molar-refractivity contribution in [1.29, 1.82) is 0 Å². The summed E-state index contributed by atoms with van der Waals surface area (Å²) < 4.78 is 0.938. The Morgan fingerprint density at radius 2 is 1.86 bits per heavy atom. The summed E-state index contributed by atoms with van der Waals surface area (Å²) in [6.07, 6.45) is 0. The van der Waals surface area contributed by atoms with Gasteiger partial charge in [-0.15, -0.1) is 0 Å². The smallest absolute Gasteiger partial charge is 0.201 e. The summed E-state index contributed by atoms with van der Waals surface area (Å²) >= 11 is 17.0. The van der Waals surface area contributed by atoms with E-state index in [0.717, 1.165) is 20.8 Å². The molecular formula is C16H10BrCl2NOS. The lowest BCUT2D eigenvalue weighted by molar-refractivity contribution is 0.104. The van der Waals surface area contributed by atoms with Crippen LogP contribution in [0.15, 0.2) is 56.4 Å². The normalized spacial score (nSPS) is 13.6. The first kappa shape index (κ1) is 15.9. The van der Waals surface area contributed by atoms with E-state index in [4.69, 9.17) is 23.2 Å². The molecule has 0 amide bonds. The van der Waals surface area contributed by atoms with E-state index in [2.05, 4.69) is 21.2 Å². The van der Waals surface area contributed by atoms with Crippen molar-refractivity contribution < 1.29 is 4.79 Å². The fraction of sp³-hybridized carbons (Fsp3) is 0.0625. The molecular weight excluding hydrogens is 405 g/mol. The van der Waals surface area contributed by atoms with Gasteiger partial charge >= 0.3 is 0 Å². The molecule has 1 aliphatic heterocycles. The summed E-state index contributed by atoms with van der Waals surface area (Å²) in [4.78, 5) is 14.2. The highest BCUT2D eigenvalue weighted by molar-refractivity contribution is 9.10. The minimum atomic E-state index is -0.0238. The van der Waals surface area contributed by atoms with Crippen molar-refractivity contribution in [3.63, 3.8) is 0 Å². The fourth-order valence-electron chi connectivity index (χ4n) is 2.13. The lowest BCUT2D eigenvalue weighted by Crippen LogP contribution is -2.12. The van der Waals surface area contributed by atoms with Crippen LogP contribution in [0.3, 0.4) is 0 Å². The molecule has 0 aliphatic carbocycles. The third-order valence-corrected chi connectivity index (χ3v) is 5.48. The summed E-state index contributed by atoms with van der Waals surface area (Å²) in [7, 11) is 0. The molecule has 22 heavy (non-hydrogen) atoms. The number of anilines is 1. The topological polar surface area (TPSA) is 29.1 Å². The second-order valence-corrected chi connectivity index (χ2v) is 7.59. The number of carbonyl (C=O) groups excluding carboxylic acids is 1. The van der Waals surface area contributed by atoms with E-state index < -0.39 is 0 Å². The van der Waals surface area contributed by atoms with Crippen molar-refractivity contribution in [2.24, 2.45) is 0 Å². The van der Waals surface area contributed by atoms with Crippen LogP contribution in [0, 0.1) is 0 Å². The number of allylic oxidation sites excluding steroid dienone is 2. The number of hydrogen-bond acceptors (Lipinski definition) is 3. The first-order chi connectivity index (χ1) is 10.5. The van der Waals surface area contributed by atoms with Crippen LogP contribution in [-0.2, 0) is 0 Å². The molecule has 0 fully saturated rings. The summed E-state index contributed by atoms with van der Waals surface area (Å²) in [6.45, 7) is 1.87. The zero-order valence-electron chi connectivity index (χ0n) is 11.4. The second-order valence-electron chi connectivity index (χ2n) is 4.78. The lowest BCUT2D eigenvalue weighted by Gasteiger charge is -2.22. The number of ketones is 1. The average molecular weight is 415 g/mol. The number of carbonyl (C=O) groups is 1. The molecule has 0 unspecified atom stereocenters. The molecule has 6 heteroatoms. The molecule has 3 rings (SSSR count). The fourth-order valence-corrected chi connectivity index (χ4v) is 4.14. The molecule has 0 aromatic heterocycles. The van der Waals surface area contributed by atoms with Crippen LogP contribution in [-0.4, -0.2) is 5.78 Å². The number of thioether (sulfide) groups is 1. The van der Waals surface area contributed by atoms with E-state index >= 15 is 0 Å². The summed E-state index contributed by atoms with van der Waals surface area (Å²) in [5, 5.41) is 4.30. The van der Waals surface area contributed by atoms with Crippen molar-refractivity contribution in [3.8, 4) is 0 Å². The molecule has 1 heterocycles. The Morgan fingerprint density at radius 3 is 2.55 bits per heavy atom. The predicted octanol–water partition coefficient (Wildman–Crippen LogP) is 6.39. The van der Waals surface area contributed by atoms with Gasteiger partial charge in [-0.2, -0.15) is 0 Å². The third-order valence-electron chi connectivity index (χ3n) is 3.20. The van der Waals surface area contributed by atoms with Crippen LogP contribution in [0.5, 0.6) is 0 Å². The van der Waals surface area contributed by atoms with Crippen LogP contribution in [0.1, 0.15) is 17.3 Å². The molecule has 0 spiro atoms. The number of Topliss-reactive ketones (excluding diaryl/α,β-unsaturated/α-hetero) is 1. The van der Waals surface area contributed by atoms with Gasteiger partial charge in [0.25, 0.3) is 0 Å². The molecule has 0 saturated heterocycles. The summed E-state index contributed by atoms with van der Waals surface area (Å²) in [5.41, 5.74) is 2.22. The van der Waals surface area contributed by atoms with Gasteiger partial charge in [0.15, 0.2) is 0 Å². The molecule has 112 valence electrons. The maximum atomic E-state index is 12.7. The predicted molar refractivity (Wildman–Crippen MR) is 97.1 cm³/mol. The van der Waals surface area contributed by atoms with Crippen molar-refractivity contribution in [1.82, 2.24) is 0 Å². The largest absolute Gasteiger partial charge is 0.356 e. The Morgan fingerprint density at radius 1 is 1.18 bits per heavy atom. The van der Waals surface area contributed by atoms with Gasteiger partial charge in [0.05, 0.1) is 15.6 Å². The highest BCUT2D eigenvalue weighted by Gasteiger charge is 2.24. The first-order valence-corrected chi connectivity index (χ1v) is 8.77. The molecule has 2 nitrogen and oxygen atoms in total. The number of hydrogen-bond donors (Lipinski definition) is 1. The van der Waals surface area contributed by atoms with Crippen molar-refractivity contribution in [2.45, 2.75) is 11.8 Å². The number of halogens is 3. The molecule has 0 atom stereocenters. The lowest BCUT2D eigenvalue weighted by atomic mass is 10.1. The van der Waals surface area contributed by atoms with E-state index in [1.807, 2.05) is 25.1 Å². The van der Waals surface area contributed by atoms with Crippen molar-refractivity contribution in [2.75, 3.05) is 5.32 Å². The number of rotatable bonds is 2. The molecule has 0 bridgehead atoms. The molecule has 1 N–H and O–H groups in total. The minimum Gasteiger partial charge on any atom is -0.356 e. The van der Waals surface area contributed by atoms with Gasteiger partial charge in [-0.25, -0.2) is 0 Å². The van der Waals surface area contributed by atoms with Gasteiger partial charge in [0, 0.05) is 25.7 Å². The van der Waals surface area contributed by atoms with Gasteiger partial charge in [-0.3, -0.25) is 4.79 Å². The van der Waals surface area contributed by atoms with Gasteiger partial charge < -0.3 is 5.32 Å². The Labute approximate surface area is 151 Å². The van der Waals surface area contributed by atoms with E-state index in [1.54, 1.807) is 18.2 Å². The second kappa shape index (κ2) is 6.28. The Hall–Kier alpha value is -0.940. The Balaban J connectivity index is 1.98. The van der Waals surface area contributed by atoms with Gasteiger partial charge in [0.1, 0.15) is 0 Å². The average Bonchev–Trinajstić information content (AvgIpc) is 2.47. The van der Waals surface area contributed by atoms with Gasteiger partial charge in [0.2, 0.25) is 5.78 Å². The SMILES string of the molecule is CC1=C(C(=O)c2ccc(Br)cc2)Sc2cc(Cl)cc(Cl)c2N1. The quantitative estimate of drug-likeness (QED) is 0.577. The zero-order chi connectivity index (χ0) is 15.9. The van der Waals surface area contributed by atoms with E-state index in [0.29, 0.717) is 20.5 Å². The van der Waals surface area contributed by atoms with E-state index in [1.165, 1.54) is 11.8 Å². The minimum absolute atomic E-state index is 0.0238. The Kier molecular flexibility index (Phi) is 4.55. The highest BCUT2D eigenvalue weighted by atomic mass is 79.9. The first-order valence-electron chi connectivity index (χ1n) is 6.41. The molecule has 0 saturated carbocycles. The van der Waals surface area contributed by atoms with E-state index in [-0.39, 0.29) is 5.78 Å². The third kappa shape index (κ3) is 3.06. The number of fused-ring (bicyclic) bond motifs is 1.